The molecule has 0 saturated carbocycles. The van der Waals surface area contributed by atoms with Crippen LogP contribution in [0, 0.1) is 0 Å². The van der Waals surface area contributed by atoms with Gasteiger partial charge in [-0.25, -0.2) is 15.0 Å². The van der Waals surface area contributed by atoms with Crippen LogP contribution in [-0.4, -0.2) is 19.5 Å². The van der Waals surface area contributed by atoms with Gasteiger partial charge < -0.3 is 8.98 Å². The zero-order valence-corrected chi connectivity index (χ0v) is 34.6. The van der Waals surface area contributed by atoms with Gasteiger partial charge >= 0.3 is 0 Å². The molecule has 0 atom stereocenters. The van der Waals surface area contributed by atoms with Gasteiger partial charge in [-0.05, 0) is 65.2 Å². The summed E-state index contributed by atoms with van der Waals surface area (Å²) in [6.45, 7) is 0. The molecule has 0 amide bonds. The molecule has 0 unspecified atom stereocenters. The second-order valence-corrected chi connectivity index (χ2v) is 17.0. The third-order valence-corrected chi connectivity index (χ3v) is 13.4. The molecule has 0 aliphatic heterocycles. The molecule has 294 valence electrons. The molecule has 13 rings (SSSR count). The summed E-state index contributed by atoms with van der Waals surface area (Å²) in [5.41, 5.74) is 12.2. The third-order valence-electron chi connectivity index (χ3n) is 12.3. The number of thiophene rings is 1. The molecule has 4 heterocycles. The maximum atomic E-state index is 6.87. The van der Waals surface area contributed by atoms with E-state index in [1.54, 1.807) is 0 Å². The molecule has 63 heavy (non-hydrogen) atoms. The average molecular weight is 823 g/mol. The van der Waals surface area contributed by atoms with Crippen molar-refractivity contribution in [3.63, 3.8) is 0 Å². The molecule has 9 aromatic carbocycles. The SMILES string of the molecule is c1ccc(-c2nc(-c3ccccc3-c3cccc4sc5ccccc5c34)nc(-c3cccc4oc5c(-c6ccc7c(c6)c6ccccc6n7-c6ccccc6)cccc5c34)n2)cc1. The van der Waals surface area contributed by atoms with Crippen molar-refractivity contribution < 1.29 is 4.42 Å². The van der Waals surface area contributed by atoms with Crippen molar-refractivity contribution in [1.29, 1.82) is 0 Å². The fourth-order valence-corrected chi connectivity index (χ4v) is 10.6. The number of furan rings is 1. The Bertz CT molecular complexity index is 3920. The maximum absolute atomic E-state index is 6.87. The molecule has 5 nitrogen and oxygen atoms in total. The van der Waals surface area contributed by atoms with E-state index in [-0.39, 0.29) is 0 Å². The van der Waals surface area contributed by atoms with Gasteiger partial charge in [0, 0.05) is 69.7 Å². The Morgan fingerprint density at radius 1 is 0.365 bits per heavy atom. The molecular formula is C57H34N4OS. The van der Waals surface area contributed by atoms with Crippen molar-refractivity contribution >= 4 is 75.3 Å². The molecule has 0 spiro atoms. The standard InChI is InChI=1S/C57H34N4OS/c1-3-16-35(17-4-1)55-58-56(42-22-8-7-20-39(42)41-25-15-31-51-53(41)43-23-10-12-30-50(43)63-51)60-57(59-55)45-27-14-29-49-52(45)44-26-13-24-38(54(44)62-49)36-32-33-48-46(34-36)40-21-9-11-28-47(40)61(48)37-18-5-2-6-19-37/h1-34H. The van der Waals surface area contributed by atoms with E-state index in [0.29, 0.717) is 17.5 Å². The fraction of sp³-hybridized carbons (Fsp3) is 0. The number of hydrogen-bond donors (Lipinski definition) is 0. The second kappa shape index (κ2) is 14.2. The Morgan fingerprint density at radius 3 is 1.84 bits per heavy atom. The highest BCUT2D eigenvalue weighted by Gasteiger charge is 2.22. The van der Waals surface area contributed by atoms with Gasteiger partial charge in [-0.3, -0.25) is 0 Å². The molecule has 0 N–H and O–H groups in total. The Kier molecular flexibility index (Phi) is 8.01. The van der Waals surface area contributed by atoms with Gasteiger partial charge in [-0.1, -0.05) is 158 Å². The lowest BCUT2D eigenvalue weighted by Crippen LogP contribution is -2.01. The smallest absolute Gasteiger partial charge is 0.164 e. The summed E-state index contributed by atoms with van der Waals surface area (Å²) in [6.07, 6.45) is 0. The van der Waals surface area contributed by atoms with Crippen LogP contribution in [-0.2, 0) is 0 Å². The van der Waals surface area contributed by atoms with Gasteiger partial charge in [0.05, 0.1) is 11.0 Å². The molecule has 0 aliphatic rings. The normalized spacial score (nSPS) is 11.8. The molecule has 0 fully saturated rings. The van der Waals surface area contributed by atoms with Crippen LogP contribution in [0.4, 0.5) is 0 Å². The van der Waals surface area contributed by atoms with Crippen LogP contribution < -0.4 is 0 Å². The van der Waals surface area contributed by atoms with E-state index in [2.05, 4.69) is 180 Å². The largest absolute Gasteiger partial charge is 0.455 e. The number of nitrogens with zero attached hydrogens (tertiary/aromatic N) is 4. The Morgan fingerprint density at radius 2 is 0.968 bits per heavy atom. The maximum Gasteiger partial charge on any atom is 0.164 e. The zero-order valence-electron chi connectivity index (χ0n) is 33.7. The molecule has 0 saturated heterocycles. The summed E-state index contributed by atoms with van der Waals surface area (Å²) in [4.78, 5) is 15.8. The highest BCUT2D eigenvalue weighted by Crippen LogP contribution is 2.45. The van der Waals surface area contributed by atoms with E-state index < -0.39 is 0 Å². The van der Waals surface area contributed by atoms with E-state index >= 15 is 0 Å². The number of fused-ring (bicyclic) bond motifs is 9. The molecular weight excluding hydrogens is 789 g/mol. The Labute approximate surface area is 365 Å². The quantitative estimate of drug-likeness (QED) is 0.168. The molecule has 0 bridgehead atoms. The van der Waals surface area contributed by atoms with Crippen molar-refractivity contribution in [3.05, 3.63) is 206 Å². The van der Waals surface area contributed by atoms with Gasteiger partial charge in [-0.15, -0.1) is 11.3 Å². The molecule has 0 aliphatic carbocycles. The van der Waals surface area contributed by atoms with E-state index in [1.807, 2.05) is 41.7 Å². The number of hydrogen-bond acceptors (Lipinski definition) is 5. The summed E-state index contributed by atoms with van der Waals surface area (Å²) in [5.74, 6) is 1.80. The van der Waals surface area contributed by atoms with Crippen molar-refractivity contribution in [2.45, 2.75) is 0 Å². The summed E-state index contributed by atoms with van der Waals surface area (Å²) < 4.78 is 11.7. The lowest BCUT2D eigenvalue weighted by Gasteiger charge is -2.13. The monoisotopic (exact) mass is 822 g/mol. The van der Waals surface area contributed by atoms with Crippen LogP contribution in [0.25, 0.3) is 126 Å². The number of aromatic nitrogens is 4. The summed E-state index contributed by atoms with van der Waals surface area (Å²) >= 11 is 1.82. The first-order valence-electron chi connectivity index (χ1n) is 21.1. The Balaban J connectivity index is 1.00. The number of rotatable bonds is 6. The molecule has 4 aromatic heterocycles. The lowest BCUT2D eigenvalue weighted by atomic mass is 9.95. The molecule has 13 aromatic rings. The lowest BCUT2D eigenvalue weighted by molar-refractivity contribution is 0.670. The highest BCUT2D eigenvalue weighted by atomic mass is 32.1. The summed E-state index contributed by atoms with van der Waals surface area (Å²) in [7, 11) is 0. The fourth-order valence-electron chi connectivity index (χ4n) is 9.50. The van der Waals surface area contributed by atoms with E-state index in [0.717, 1.165) is 72.1 Å². The van der Waals surface area contributed by atoms with Crippen molar-refractivity contribution in [2.24, 2.45) is 0 Å². The van der Waals surface area contributed by atoms with E-state index in [4.69, 9.17) is 19.4 Å². The zero-order chi connectivity index (χ0) is 41.4. The van der Waals surface area contributed by atoms with Gasteiger partial charge in [0.2, 0.25) is 0 Å². The predicted octanol–water partition coefficient (Wildman–Crippen LogP) is 15.6. The van der Waals surface area contributed by atoms with Crippen molar-refractivity contribution in [1.82, 2.24) is 19.5 Å². The first-order chi connectivity index (χ1) is 31.2. The highest BCUT2D eigenvalue weighted by molar-refractivity contribution is 7.25. The van der Waals surface area contributed by atoms with Crippen LogP contribution in [0.1, 0.15) is 0 Å². The van der Waals surface area contributed by atoms with Gasteiger partial charge in [0.25, 0.3) is 0 Å². The van der Waals surface area contributed by atoms with Crippen LogP contribution >= 0.6 is 11.3 Å². The van der Waals surface area contributed by atoms with E-state index in [9.17, 15) is 0 Å². The topological polar surface area (TPSA) is 56.7 Å². The number of para-hydroxylation sites is 3. The average Bonchev–Trinajstić information content (AvgIpc) is 4.04. The minimum atomic E-state index is 0.585. The van der Waals surface area contributed by atoms with Gasteiger partial charge in [0.1, 0.15) is 11.2 Å². The summed E-state index contributed by atoms with van der Waals surface area (Å²) in [6, 6.07) is 72.5. The minimum Gasteiger partial charge on any atom is -0.455 e. The summed E-state index contributed by atoms with van der Waals surface area (Å²) in [5, 5.41) is 6.87. The minimum absolute atomic E-state index is 0.585. The molecule has 0 radical (unpaired) electrons. The van der Waals surface area contributed by atoms with Gasteiger partial charge in [0.15, 0.2) is 17.5 Å². The van der Waals surface area contributed by atoms with Crippen LogP contribution in [0.2, 0.25) is 0 Å². The van der Waals surface area contributed by atoms with E-state index in [1.165, 1.54) is 36.5 Å². The Hall–Kier alpha value is -8.19. The number of benzene rings is 9. The third kappa shape index (κ3) is 5.66. The first-order valence-corrected chi connectivity index (χ1v) is 21.9. The second-order valence-electron chi connectivity index (χ2n) is 15.9. The van der Waals surface area contributed by atoms with Crippen LogP contribution in [0.3, 0.4) is 0 Å². The van der Waals surface area contributed by atoms with Crippen molar-refractivity contribution in [3.8, 4) is 62.1 Å². The van der Waals surface area contributed by atoms with Crippen molar-refractivity contribution in [2.75, 3.05) is 0 Å². The van der Waals surface area contributed by atoms with Gasteiger partial charge in [-0.2, -0.15) is 0 Å². The molecule has 6 heteroatoms. The van der Waals surface area contributed by atoms with Crippen LogP contribution in [0.5, 0.6) is 0 Å². The predicted molar refractivity (Wildman–Crippen MR) is 262 cm³/mol. The first kappa shape index (κ1) is 35.6. The van der Waals surface area contributed by atoms with Crippen LogP contribution in [0.15, 0.2) is 211 Å².